The minimum Gasteiger partial charge on any atom is -0.486 e. The van der Waals surface area contributed by atoms with Gasteiger partial charge in [0.25, 0.3) is 0 Å². The van der Waals surface area contributed by atoms with Crippen LogP contribution < -0.4 is 4.74 Å². The molecule has 1 fully saturated rings. The first kappa shape index (κ1) is 28.5. The van der Waals surface area contributed by atoms with Crippen LogP contribution in [0.15, 0.2) is 84.9 Å². The van der Waals surface area contributed by atoms with Crippen LogP contribution in [-0.2, 0) is 17.5 Å². The zero-order valence-electron chi connectivity index (χ0n) is 22.5. The first-order chi connectivity index (χ1) is 18.5. The van der Waals surface area contributed by atoms with Gasteiger partial charge in [0.1, 0.15) is 17.5 Å². The van der Waals surface area contributed by atoms with Gasteiger partial charge in [0.2, 0.25) is 0 Å². The van der Waals surface area contributed by atoms with Crippen LogP contribution in [0, 0.1) is 0 Å². The summed E-state index contributed by atoms with van der Waals surface area (Å²) in [5, 5.41) is 0. The van der Waals surface area contributed by atoms with Crippen molar-refractivity contribution in [3.05, 3.63) is 102 Å². The molecule has 8 heteroatoms. The Hall–Kier alpha value is -3.52. The highest BCUT2D eigenvalue weighted by atomic mass is 19.4. The summed E-state index contributed by atoms with van der Waals surface area (Å²) in [5.74, 6) is 0.331. The van der Waals surface area contributed by atoms with Crippen molar-refractivity contribution in [2.75, 3.05) is 19.6 Å². The van der Waals surface area contributed by atoms with Crippen LogP contribution in [0.1, 0.15) is 50.0 Å². The fourth-order valence-corrected chi connectivity index (χ4v) is 4.72. The van der Waals surface area contributed by atoms with Gasteiger partial charge in [-0.2, -0.15) is 13.2 Å². The molecular formula is C31H35F3N2O3. The smallest absolute Gasteiger partial charge is 0.416 e. The molecule has 0 radical (unpaired) electrons. The van der Waals surface area contributed by atoms with Gasteiger partial charge in [-0.15, -0.1) is 0 Å². The maximum atomic E-state index is 13.2. The van der Waals surface area contributed by atoms with Crippen LogP contribution in [0.5, 0.6) is 5.75 Å². The number of carbonyl (C=O) groups excluding carboxylic acids is 1. The van der Waals surface area contributed by atoms with E-state index in [2.05, 4.69) is 17.0 Å². The van der Waals surface area contributed by atoms with Crippen LogP contribution in [0.3, 0.4) is 0 Å². The molecule has 5 nitrogen and oxygen atoms in total. The molecule has 208 valence electrons. The average Bonchev–Trinajstić information content (AvgIpc) is 2.88. The summed E-state index contributed by atoms with van der Waals surface area (Å²) in [4.78, 5) is 17.3. The summed E-state index contributed by atoms with van der Waals surface area (Å²) < 4.78 is 51.3. The summed E-state index contributed by atoms with van der Waals surface area (Å²) in [7, 11) is 0. The molecule has 4 rings (SSSR count). The molecule has 1 heterocycles. The molecule has 1 aliphatic rings. The normalized spacial score (nSPS) is 17.5. The van der Waals surface area contributed by atoms with E-state index >= 15 is 0 Å². The van der Waals surface area contributed by atoms with Gasteiger partial charge in [0.05, 0.1) is 11.6 Å². The minimum absolute atomic E-state index is 0.239. The highest BCUT2D eigenvalue weighted by molar-refractivity contribution is 5.68. The van der Waals surface area contributed by atoms with E-state index in [1.807, 2.05) is 69.3 Å². The van der Waals surface area contributed by atoms with Crippen LogP contribution in [0.2, 0.25) is 0 Å². The average molecular weight is 541 g/mol. The Morgan fingerprint density at radius 2 is 1.51 bits per heavy atom. The lowest BCUT2D eigenvalue weighted by atomic mass is 9.98. The van der Waals surface area contributed by atoms with Gasteiger partial charge in [-0.3, -0.25) is 4.90 Å². The third-order valence-electron chi connectivity index (χ3n) is 6.56. The molecule has 1 aliphatic heterocycles. The van der Waals surface area contributed by atoms with Crippen molar-refractivity contribution in [3.63, 3.8) is 0 Å². The number of hydrogen-bond donors (Lipinski definition) is 0. The Morgan fingerprint density at radius 3 is 2.10 bits per heavy atom. The Morgan fingerprint density at radius 1 is 0.897 bits per heavy atom. The molecule has 0 bridgehead atoms. The largest absolute Gasteiger partial charge is 0.486 e. The van der Waals surface area contributed by atoms with Crippen molar-refractivity contribution in [3.8, 4) is 5.75 Å². The summed E-state index contributed by atoms with van der Waals surface area (Å²) in [5.41, 5.74) is 0.689. The molecule has 1 saturated heterocycles. The maximum Gasteiger partial charge on any atom is 0.416 e. The van der Waals surface area contributed by atoms with E-state index in [0.717, 1.165) is 24.2 Å². The minimum atomic E-state index is -4.42. The van der Waals surface area contributed by atoms with E-state index in [1.165, 1.54) is 17.7 Å². The Balaban J connectivity index is 1.59. The number of alkyl halides is 3. The predicted molar refractivity (Wildman–Crippen MR) is 144 cm³/mol. The fourth-order valence-electron chi connectivity index (χ4n) is 4.72. The SMILES string of the molecule is CC(C)(C)OC(=O)N1CCN(Cc2ccccc2)CC1CC(Oc1ccc(C(F)(F)F)cc1)c1ccccc1. The fraction of sp³-hybridized carbons (Fsp3) is 0.387. The van der Waals surface area contributed by atoms with Crippen molar-refractivity contribution >= 4 is 6.09 Å². The van der Waals surface area contributed by atoms with Gasteiger partial charge in [0.15, 0.2) is 0 Å². The number of piperazine rings is 1. The molecule has 0 spiro atoms. The number of carbonyl (C=O) groups is 1. The van der Waals surface area contributed by atoms with Crippen molar-refractivity contribution < 1.29 is 27.4 Å². The number of benzene rings is 3. The quantitative estimate of drug-likeness (QED) is 0.315. The number of rotatable bonds is 7. The lowest BCUT2D eigenvalue weighted by molar-refractivity contribution is -0.137. The van der Waals surface area contributed by atoms with E-state index < -0.39 is 23.4 Å². The summed E-state index contributed by atoms with van der Waals surface area (Å²) >= 11 is 0. The van der Waals surface area contributed by atoms with Gasteiger partial charge < -0.3 is 14.4 Å². The molecule has 1 amide bonds. The first-order valence-electron chi connectivity index (χ1n) is 13.1. The van der Waals surface area contributed by atoms with E-state index in [-0.39, 0.29) is 12.1 Å². The van der Waals surface area contributed by atoms with Crippen molar-refractivity contribution in [1.82, 2.24) is 9.80 Å². The third-order valence-corrected chi connectivity index (χ3v) is 6.56. The predicted octanol–water partition coefficient (Wildman–Crippen LogP) is 7.34. The van der Waals surface area contributed by atoms with Crippen LogP contribution >= 0.6 is 0 Å². The zero-order valence-corrected chi connectivity index (χ0v) is 22.5. The monoisotopic (exact) mass is 540 g/mol. The van der Waals surface area contributed by atoms with Gasteiger partial charge in [-0.05, 0) is 56.2 Å². The zero-order chi connectivity index (χ0) is 28.0. The molecule has 0 aliphatic carbocycles. The first-order valence-corrected chi connectivity index (χ1v) is 13.1. The molecule has 3 aromatic rings. The highest BCUT2D eigenvalue weighted by Crippen LogP contribution is 2.33. The number of nitrogens with zero attached hydrogens (tertiary/aromatic N) is 2. The Labute approximate surface area is 228 Å². The van der Waals surface area contributed by atoms with Crippen LogP contribution in [0.4, 0.5) is 18.0 Å². The van der Waals surface area contributed by atoms with Gasteiger partial charge in [-0.25, -0.2) is 4.79 Å². The summed E-state index contributed by atoms with van der Waals surface area (Å²) in [6, 6.07) is 24.2. The summed E-state index contributed by atoms with van der Waals surface area (Å²) in [6.45, 7) is 8.06. The van der Waals surface area contributed by atoms with Crippen LogP contribution in [-0.4, -0.2) is 47.2 Å². The van der Waals surface area contributed by atoms with Crippen molar-refractivity contribution in [1.29, 1.82) is 0 Å². The molecular weight excluding hydrogens is 505 g/mol. The second-order valence-electron chi connectivity index (χ2n) is 10.8. The maximum absolute atomic E-state index is 13.2. The molecule has 0 saturated carbocycles. The molecule has 0 aromatic heterocycles. The number of halogens is 3. The number of hydrogen-bond acceptors (Lipinski definition) is 4. The molecule has 39 heavy (non-hydrogen) atoms. The molecule has 0 N–H and O–H groups in total. The standard InChI is InChI=1S/C31H35F3N2O3/c1-30(2,3)39-29(37)36-19-18-35(21-23-10-6-4-7-11-23)22-26(36)20-28(24-12-8-5-9-13-24)38-27-16-14-25(15-17-27)31(32,33)34/h4-17,26,28H,18-22H2,1-3H3. The second-order valence-corrected chi connectivity index (χ2v) is 10.8. The van der Waals surface area contributed by atoms with Gasteiger partial charge in [-0.1, -0.05) is 60.7 Å². The Bertz CT molecular complexity index is 1200. The second kappa shape index (κ2) is 12.1. The van der Waals surface area contributed by atoms with E-state index in [9.17, 15) is 18.0 Å². The lowest BCUT2D eigenvalue weighted by Crippen LogP contribution is -2.56. The highest BCUT2D eigenvalue weighted by Gasteiger charge is 2.36. The topological polar surface area (TPSA) is 42.0 Å². The Kier molecular flexibility index (Phi) is 8.85. The summed E-state index contributed by atoms with van der Waals surface area (Å²) in [6.07, 6.45) is -4.85. The molecule has 2 atom stereocenters. The van der Waals surface area contributed by atoms with E-state index in [4.69, 9.17) is 9.47 Å². The third kappa shape index (κ3) is 8.23. The van der Waals surface area contributed by atoms with Gasteiger partial charge >= 0.3 is 12.3 Å². The molecule has 2 unspecified atom stereocenters. The van der Waals surface area contributed by atoms with Crippen molar-refractivity contribution in [2.24, 2.45) is 0 Å². The van der Waals surface area contributed by atoms with E-state index in [0.29, 0.717) is 31.8 Å². The van der Waals surface area contributed by atoms with Crippen LogP contribution in [0.25, 0.3) is 0 Å². The van der Waals surface area contributed by atoms with Crippen molar-refractivity contribution in [2.45, 2.75) is 57.7 Å². The van der Waals surface area contributed by atoms with Gasteiger partial charge in [0, 0.05) is 32.6 Å². The number of ether oxygens (including phenoxy) is 2. The molecule has 3 aromatic carbocycles. The lowest BCUT2D eigenvalue weighted by Gasteiger charge is -2.43. The number of amides is 1. The van der Waals surface area contributed by atoms with E-state index in [1.54, 1.807) is 4.90 Å².